The minimum atomic E-state index is -3.30. The van der Waals surface area contributed by atoms with Gasteiger partial charge in [-0.1, -0.05) is 6.92 Å². The van der Waals surface area contributed by atoms with Crippen LogP contribution in [0.15, 0.2) is 11.0 Å². The fourth-order valence-electron chi connectivity index (χ4n) is 2.13. The second-order valence-corrected chi connectivity index (χ2v) is 7.84. The Morgan fingerprint density at radius 1 is 1.59 bits per heavy atom. The summed E-state index contributed by atoms with van der Waals surface area (Å²) in [5.41, 5.74) is 5.55. The van der Waals surface area contributed by atoms with E-state index in [9.17, 15) is 8.42 Å². The van der Waals surface area contributed by atoms with Gasteiger partial charge in [0.15, 0.2) is 0 Å². The first-order chi connectivity index (χ1) is 7.95. The topological polar surface area (TPSA) is 63.4 Å². The highest BCUT2D eigenvalue weighted by Gasteiger charge is 2.32. The number of aryl methyl sites for hydroxylation is 1. The predicted molar refractivity (Wildman–Crippen MR) is 69.5 cm³/mol. The highest BCUT2D eigenvalue weighted by molar-refractivity contribution is 7.89. The van der Waals surface area contributed by atoms with Crippen molar-refractivity contribution in [3.63, 3.8) is 0 Å². The van der Waals surface area contributed by atoms with Crippen LogP contribution >= 0.6 is 11.3 Å². The summed E-state index contributed by atoms with van der Waals surface area (Å²) >= 11 is 1.47. The fraction of sp³-hybridized carbons (Fsp3) is 0.636. The van der Waals surface area contributed by atoms with Gasteiger partial charge in [0.2, 0.25) is 10.0 Å². The van der Waals surface area contributed by atoms with Crippen LogP contribution in [0, 0.1) is 12.8 Å². The zero-order valence-electron chi connectivity index (χ0n) is 10.1. The summed E-state index contributed by atoms with van der Waals surface area (Å²) in [7, 11) is -3.30. The molecule has 1 saturated heterocycles. The molecule has 1 aliphatic heterocycles. The third kappa shape index (κ3) is 2.40. The molecule has 1 aliphatic rings. The molecule has 1 atom stereocenters. The third-order valence-electron chi connectivity index (χ3n) is 3.13. The van der Waals surface area contributed by atoms with Gasteiger partial charge in [-0.15, -0.1) is 11.3 Å². The third-order valence-corrected chi connectivity index (χ3v) is 6.32. The molecule has 0 aromatic carbocycles. The van der Waals surface area contributed by atoms with Crippen LogP contribution < -0.4 is 5.73 Å². The van der Waals surface area contributed by atoms with Crippen molar-refractivity contribution in [2.75, 3.05) is 13.1 Å². The quantitative estimate of drug-likeness (QED) is 0.909. The number of nitrogens with two attached hydrogens (primary N) is 1. The van der Waals surface area contributed by atoms with Gasteiger partial charge in [0.1, 0.15) is 0 Å². The Labute approximate surface area is 106 Å². The Balaban J connectivity index is 2.34. The maximum atomic E-state index is 12.4. The van der Waals surface area contributed by atoms with E-state index in [4.69, 9.17) is 5.73 Å². The Kier molecular flexibility index (Phi) is 3.58. The molecule has 0 radical (unpaired) electrons. The SMILES string of the molecule is Cc1sc(CN)cc1S(=O)(=O)N1CCC(C)C1. The minimum Gasteiger partial charge on any atom is -0.326 e. The lowest BCUT2D eigenvalue weighted by Gasteiger charge is -2.15. The first-order valence-corrected chi connectivity index (χ1v) is 8.00. The summed E-state index contributed by atoms with van der Waals surface area (Å²) in [6, 6.07) is 1.72. The van der Waals surface area contributed by atoms with E-state index in [1.165, 1.54) is 11.3 Å². The van der Waals surface area contributed by atoms with Crippen LogP contribution in [-0.2, 0) is 16.6 Å². The molecular weight excluding hydrogens is 256 g/mol. The first-order valence-electron chi connectivity index (χ1n) is 5.74. The maximum absolute atomic E-state index is 12.4. The molecule has 0 saturated carbocycles. The maximum Gasteiger partial charge on any atom is 0.244 e. The Hall–Kier alpha value is -0.430. The Morgan fingerprint density at radius 2 is 2.29 bits per heavy atom. The molecule has 6 heteroatoms. The monoisotopic (exact) mass is 274 g/mol. The molecule has 1 fully saturated rings. The van der Waals surface area contributed by atoms with Gasteiger partial charge in [-0.05, 0) is 25.3 Å². The van der Waals surface area contributed by atoms with Gasteiger partial charge in [0.25, 0.3) is 0 Å². The van der Waals surface area contributed by atoms with Crippen molar-refractivity contribution in [3.8, 4) is 0 Å². The molecule has 2 heterocycles. The molecule has 0 amide bonds. The van der Waals surface area contributed by atoms with Gasteiger partial charge in [0, 0.05) is 29.4 Å². The summed E-state index contributed by atoms with van der Waals surface area (Å²) in [4.78, 5) is 2.20. The first kappa shape index (κ1) is 13.0. The van der Waals surface area contributed by atoms with E-state index in [1.54, 1.807) is 10.4 Å². The van der Waals surface area contributed by atoms with E-state index >= 15 is 0 Å². The summed E-state index contributed by atoms with van der Waals surface area (Å²) in [6.07, 6.45) is 0.951. The van der Waals surface area contributed by atoms with E-state index in [1.807, 2.05) is 6.92 Å². The van der Waals surface area contributed by atoms with Crippen LogP contribution in [0.25, 0.3) is 0 Å². The molecule has 0 spiro atoms. The van der Waals surface area contributed by atoms with Crippen LogP contribution in [0.3, 0.4) is 0 Å². The lowest BCUT2D eigenvalue weighted by Crippen LogP contribution is -2.28. The van der Waals surface area contributed by atoms with Crippen LogP contribution in [0.1, 0.15) is 23.1 Å². The molecular formula is C11H18N2O2S2. The minimum absolute atomic E-state index is 0.400. The second-order valence-electron chi connectivity index (χ2n) is 4.59. The van der Waals surface area contributed by atoms with Crippen molar-refractivity contribution in [1.82, 2.24) is 4.31 Å². The molecule has 1 aromatic rings. The van der Waals surface area contributed by atoms with Crippen LogP contribution in [0.2, 0.25) is 0 Å². The summed E-state index contributed by atoms with van der Waals surface area (Å²) in [5, 5.41) is 0. The summed E-state index contributed by atoms with van der Waals surface area (Å²) in [5.74, 6) is 0.456. The average molecular weight is 274 g/mol. The zero-order valence-corrected chi connectivity index (χ0v) is 11.8. The predicted octanol–water partition coefficient (Wildman–Crippen LogP) is 1.55. The number of hydrogen-bond donors (Lipinski definition) is 1. The summed E-state index contributed by atoms with van der Waals surface area (Å²) in [6.45, 7) is 5.60. The van der Waals surface area contributed by atoms with Crippen molar-refractivity contribution >= 4 is 21.4 Å². The number of sulfonamides is 1. The highest BCUT2D eigenvalue weighted by atomic mass is 32.2. The standard InChI is InChI=1S/C11H18N2O2S2/c1-8-3-4-13(7-8)17(14,15)11-5-10(6-12)16-9(11)2/h5,8H,3-4,6-7,12H2,1-2H3. The van der Waals surface area contributed by atoms with Gasteiger partial charge in [-0.25, -0.2) is 8.42 Å². The smallest absolute Gasteiger partial charge is 0.244 e. The molecule has 4 nitrogen and oxygen atoms in total. The lowest BCUT2D eigenvalue weighted by molar-refractivity contribution is 0.464. The van der Waals surface area contributed by atoms with Crippen molar-refractivity contribution < 1.29 is 8.42 Å². The Bertz CT molecular complexity index is 508. The number of thiophene rings is 1. The van der Waals surface area contributed by atoms with Crippen molar-refractivity contribution in [2.45, 2.75) is 31.7 Å². The number of nitrogens with zero attached hydrogens (tertiary/aromatic N) is 1. The van der Waals surface area contributed by atoms with Gasteiger partial charge >= 0.3 is 0 Å². The molecule has 0 bridgehead atoms. The lowest BCUT2D eigenvalue weighted by atomic mass is 10.2. The van der Waals surface area contributed by atoms with Crippen LogP contribution in [-0.4, -0.2) is 25.8 Å². The molecule has 2 N–H and O–H groups in total. The van der Waals surface area contributed by atoms with E-state index in [0.29, 0.717) is 30.4 Å². The number of rotatable bonds is 3. The summed E-state index contributed by atoms with van der Waals surface area (Å²) < 4.78 is 26.4. The molecule has 17 heavy (non-hydrogen) atoms. The van der Waals surface area contributed by atoms with E-state index in [2.05, 4.69) is 6.92 Å². The van der Waals surface area contributed by atoms with Crippen molar-refractivity contribution in [3.05, 3.63) is 15.8 Å². The van der Waals surface area contributed by atoms with E-state index < -0.39 is 10.0 Å². The van der Waals surface area contributed by atoms with Gasteiger partial charge in [0.05, 0.1) is 4.90 Å². The van der Waals surface area contributed by atoms with Crippen molar-refractivity contribution in [1.29, 1.82) is 0 Å². The highest BCUT2D eigenvalue weighted by Crippen LogP contribution is 2.30. The molecule has 2 rings (SSSR count). The van der Waals surface area contributed by atoms with Gasteiger partial charge < -0.3 is 5.73 Å². The normalized spacial score (nSPS) is 22.2. The molecule has 96 valence electrons. The molecule has 0 aliphatic carbocycles. The van der Waals surface area contributed by atoms with Crippen molar-refractivity contribution in [2.24, 2.45) is 11.7 Å². The van der Waals surface area contributed by atoms with Crippen LogP contribution in [0.5, 0.6) is 0 Å². The molecule has 1 unspecified atom stereocenters. The second kappa shape index (κ2) is 4.68. The largest absolute Gasteiger partial charge is 0.326 e. The fourth-order valence-corrected chi connectivity index (χ4v) is 5.19. The van der Waals surface area contributed by atoms with E-state index in [-0.39, 0.29) is 0 Å². The van der Waals surface area contributed by atoms with Gasteiger partial charge in [-0.2, -0.15) is 4.31 Å². The van der Waals surface area contributed by atoms with E-state index in [0.717, 1.165) is 16.2 Å². The van der Waals surface area contributed by atoms with Gasteiger partial charge in [-0.3, -0.25) is 0 Å². The Morgan fingerprint density at radius 3 is 2.76 bits per heavy atom. The molecule has 1 aromatic heterocycles. The average Bonchev–Trinajstić information content (AvgIpc) is 2.85. The number of hydrogen-bond acceptors (Lipinski definition) is 4. The zero-order chi connectivity index (χ0) is 12.6. The van der Waals surface area contributed by atoms with Crippen LogP contribution in [0.4, 0.5) is 0 Å².